The number of hydrogen-bond donors (Lipinski definition) is 1. The van der Waals surface area contributed by atoms with Gasteiger partial charge >= 0.3 is 6.36 Å². The molecule has 1 saturated carbocycles. The monoisotopic (exact) mass is 304 g/mol. The summed E-state index contributed by atoms with van der Waals surface area (Å²) in [6, 6.07) is 5.71. The van der Waals surface area contributed by atoms with Crippen molar-refractivity contribution in [1.29, 1.82) is 0 Å². The standard InChI is InChI=1S/C15H19F3O3/c1-3-14(4-2)12(19)9-13(14)20-10-7-5-6-8-11(10)21-15(16,17)18/h5-8,12-13,19H,3-4,9H2,1-2H3. The molecule has 0 amide bonds. The van der Waals surface area contributed by atoms with Gasteiger partial charge in [-0.2, -0.15) is 0 Å². The van der Waals surface area contributed by atoms with Crippen LogP contribution in [0.1, 0.15) is 33.1 Å². The van der Waals surface area contributed by atoms with Gasteiger partial charge in [0.2, 0.25) is 0 Å². The fraction of sp³-hybridized carbons (Fsp3) is 0.600. The molecule has 6 heteroatoms. The SMILES string of the molecule is CCC1(CC)C(O)CC1Oc1ccccc1OC(F)(F)F. The number of para-hydroxylation sites is 2. The van der Waals surface area contributed by atoms with E-state index in [4.69, 9.17) is 4.74 Å². The van der Waals surface area contributed by atoms with E-state index in [1.54, 1.807) is 6.07 Å². The van der Waals surface area contributed by atoms with E-state index >= 15 is 0 Å². The van der Waals surface area contributed by atoms with Crippen molar-refractivity contribution in [3.8, 4) is 11.5 Å². The third-order valence-corrected chi connectivity index (χ3v) is 4.40. The third-order valence-electron chi connectivity index (χ3n) is 4.40. The highest BCUT2D eigenvalue weighted by molar-refractivity contribution is 5.40. The Balaban J connectivity index is 2.17. The van der Waals surface area contributed by atoms with E-state index in [0.717, 1.165) is 0 Å². The molecule has 0 heterocycles. The Labute approximate surface area is 121 Å². The van der Waals surface area contributed by atoms with Crippen molar-refractivity contribution < 1.29 is 27.8 Å². The van der Waals surface area contributed by atoms with Crippen molar-refractivity contribution >= 4 is 0 Å². The molecule has 1 N–H and O–H groups in total. The number of alkyl halides is 3. The minimum atomic E-state index is -4.76. The molecular formula is C15H19F3O3. The zero-order chi connectivity index (χ0) is 15.7. The van der Waals surface area contributed by atoms with Crippen LogP contribution in [0, 0.1) is 5.41 Å². The maximum Gasteiger partial charge on any atom is 0.573 e. The summed E-state index contributed by atoms with van der Waals surface area (Å²) in [6.45, 7) is 3.89. The number of aliphatic hydroxyl groups is 1. The van der Waals surface area contributed by atoms with Gasteiger partial charge < -0.3 is 14.6 Å². The highest BCUT2D eigenvalue weighted by atomic mass is 19.4. The van der Waals surface area contributed by atoms with Gasteiger partial charge in [-0.25, -0.2) is 0 Å². The Kier molecular flexibility index (Phi) is 4.37. The van der Waals surface area contributed by atoms with E-state index in [1.165, 1.54) is 18.2 Å². The molecular weight excluding hydrogens is 285 g/mol. The number of hydrogen-bond acceptors (Lipinski definition) is 3. The molecule has 21 heavy (non-hydrogen) atoms. The molecule has 2 unspecified atom stereocenters. The number of benzene rings is 1. The summed E-state index contributed by atoms with van der Waals surface area (Å²) in [5.74, 6) is -0.300. The predicted molar refractivity (Wildman–Crippen MR) is 71.2 cm³/mol. The summed E-state index contributed by atoms with van der Waals surface area (Å²) in [7, 11) is 0. The summed E-state index contributed by atoms with van der Waals surface area (Å²) >= 11 is 0. The first-order chi connectivity index (χ1) is 9.82. The van der Waals surface area contributed by atoms with Crippen LogP contribution in [0.5, 0.6) is 11.5 Å². The van der Waals surface area contributed by atoms with Crippen LogP contribution in [0.3, 0.4) is 0 Å². The molecule has 2 atom stereocenters. The van der Waals surface area contributed by atoms with E-state index in [1.807, 2.05) is 13.8 Å². The van der Waals surface area contributed by atoms with Crippen LogP contribution in [0.25, 0.3) is 0 Å². The van der Waals surface area contributed by atoms with E-state index in [9.17, 15) is 18.3 Å². The lowest BCUT2D eigenvalue weighted by Gasteiger charge is -2.52. The number of aliphatic hydroxyl groups excluding tert-OH is 1. The molecule has 0 radical (unpaired) electrons. The van der Waals surface area contributed by atoms with Gasteiger partial charge in [-0.05, 0) is 25.0 Å². The highest BCUT2D eigenvalue weighted by Crippen LogP contribution is 2.49. The molecule has 0 aliphatic heterocycles. The Bertz CT molecular complexity index is 483. The van der Waals surface area contributed by atoms with Crippen molar-refractivity contribution in [1.82, 2.24) is 0 Å². The van der Waals surface area contributed by atoms with Gasteiger partial charge in [0.05, 0.1) is 6.10 Å². The topological polar surface area (TPSA) is 38.7 Å². The molecule has 1 aliphatic carbocycles. The quantitative estimate of drug-likeness (QED) is 0.896. The van der Waals surface area contributed by atoms with Crippen molar-refractivity contribution in [2.45, 2.75) is 51.7 Å². The zero-order valence-electron chi connectivity index (χ0n) is 12.0. The molecule has 118 valence electrons. The van der Waals surface area contributed by atoms with Crippen LogP contribution in [0.15, 0.2) is 24.3 Å². The largest absolute Gasteiger partial charge is 0.573 e. The number of ether oxygens (including phenoxy) is 2. The smallest absolute Gasteiger partial charge is 0.486 e. The van der Waals surface area contributed by atoms with Crippen LogP contribution in [0.2, 0.25) is 0 Å². The normalized spacial score (nSPS) is 24.3. The molecule has 1 aromatic carbocycles. The Morgan fingerprint density at radius 3 is 2.24 bits per heavy atom. The maximum absolute atomic E-state index is 12.4. The van der Waals surface area contributed by atoms with Crippen LogP contribution in [0.4, 0.5) is 13.2 Å². The van der Waals surface area contributed by atoms with Crippen molar-refractivity contribution in [3.63, 3.8) is 0 Å². The van der Waals surface area contributed by atoms with E-state index in [2.05, 4.69) is 4.74 Å². The summed E-state index contributed by atoms with van der Waals surface area (Å²) in [6.07, 6.45) is -3.71. The average molecular weight is 304 g/mol. The van der Waals surface area contributed by atoms with Crippen LogP contribution >= 0.6 is 0 Å². The van der Waals surface area contributed by atoms with Gasteiger partial charge in [0, 0.05) is 11.8 Å². The van der Waals surface area contributed by atoms with Gasteiger partial charge in [0.1, 0.15) is 6.10 Å². The molecule has 1 fully saturated rings. The summed E-state index contributed by atoms with van der Waals surface area (Å²) in [5.41, 5.74) is -0.397. The van der Waals surface area contributed by atoms with Crippen molar-refractivity contribution in [2.24, 2.45) is 5.41 Å². The van der Waals surface area contributed by atoms with Gasteiger partial charge in [0.15, 0.2) is 11.5 Å². The second-order valence-corrected chi connectivity index (χ2v) is 5.29. The molecule has 0 spiro atoms. The lowest BCUT2D eigenvalue weighted by atomic mass is 9.60. The fourth-order valence-electron chi connectivity index (χ4n) is 2.98. The highest BCUT2D eigenvalue weighted by Gasteiger charge is 2.54. The first-order valence-electron chi connectivity index (χ1n) is 7.02. The predicted octanol–water partition coefficient (Wildman–Crippen LogP) is 3.90. The fourth-order valence-corrected chi connectivity index (χ4v) is 2.98. The Morgan fingerprint density at radius 2 is 1.76 bits per heavy atom. The Morgan fingerprint density at radius 1 is 1.19 bits per heavy atom. The average Bonchev–Trinajstić information content (AvgIpc) is 2.40. The zero-order valence-corrected chi connectivity index (χ0v) is 12.0. The van der Waals surface area contributed by atoms with Crippen molar-refractivity contribution in [2.75, 3.05) is 0 Å². The van der Waals surface area contributed by atoms with Gasteiger partial charge in [0.25, 0.3) is 0 Å². The maximum atomic E-state index is 12.4. The second kappa shape index (κ2) is 5.75. The summed E-state index contributed by atoms with van der Waals surface area (Å²) < 4.78 is 46.8. The van der Waals surface area contributed by atoms with Crippen LogP contribution in [-0.2, 0) is 0 Å². The van der Waals surface area contributed by atoms with Gasteiger partial charge in [-0.1, -0.05) is 26.0 Å². The van der Waals surface area contributed by atoms with E-state index in [-0.39, 0.29) is 17.6 Å². The first kappa shape index (κ1) is 15.9. The Hall–Kier alpha value is -1.43. The second-order valence-electron chi connectivity index (χ2n) is 5.29. The van der Waals surface area contributed by atoms with Crippen LogP contribution in [-0.4, -0.2) is 23.7 Å². The van der Waals surface area contributed by atoms with Gasteiger partial charge in [-0.3, -0.25) is 0 Å². The molecule has 1 aromatic rings. The molecule has 0 bridgehead atoms. The van der Waals surface area contributed by atoms with Gasteiger partial charge in [-0.15, -0.1) is 13.2 Å². The third kappa shape index (κ3) is 3.10. The lowest BCUT2D eigenvalue weighted by molar-refractivity contribution is -0.275. The summed E-state index contributed by atoms with van der Waals surface area (Å²) in [4.78, 5) is 0. The van der Waals surface area contributed by atoms with Crippen molar-refractivity contribution in [3.05, 3.63) is 24.3 Å². The number of rotatable bonds is 5. The number of halogens is 3. The summed E-state index contributed by atoms with van der Waals surface area (Å²) in [5, 5.41) is 9.97. The molecule has 1 aliphatic rings. The molecule has 2 rings (SSSR count). The minimum Gasteiger partial charge on any atom is -0.486 e. The van der Waals surface area contributed by atoms with Crippen LogP contribution < -0.4 is 9.47 Å². The molecule has 0 aromatic heterocycles. The molecule has 3 nitrogen and oxygen atoms in total. The van der Waals surface area contributed by atoms with E-state index < -0.39 is 17.9 Å². The van der Waals surface area contributed by atoms with E-state index in [0.29, 0.717) is 19.3 Å². The molecule has 0 saturated heterocycles. The lowest BCUT2D eigenvalue weighted by Crippen LogP contribution is -2.59. The minimum absolute atomic E-state index is 0.0537. The first-order valence-corrected chi connectivity index (χ1v) is 7.02.